The lowest BCUT2D eigenvalue weighted by Crippen LogP contribution is -2.31. The topological polar surface area (TPSA) is 72.2 Å². The number of benzene rings is 1. The van der Waals surface area contributed by atoms with Crippen LogP contribution in [0.5, 0.6) is 5.75 Å². The summed E-state index contributed by atoms with van der Waals surface area (Å²) in [7, 11) is 0. The van der Waals surface area contributed by atoms with E-state index < -0.39 is 30.0 Å². The largest absolute Gasteiger partial charge is 0.487 e. The van der Waals surface area contributed by atoms with Crippen LogP contribution in [0.2, 0.25) is 0 Å². The standard InChI is InChI=1S/C23H25F3N4O2/c1-11-17(30-6-4-13-12(2)28-10-29-23(13)30)8-19(21(11)31)32-18-7-15(22(25)26)20(24)14-3-5-27-9-16(14)18/h4,6-7,10-11,17,19,21-22,27,31H,3,5,8-9H2,1-2H3. The Morgan fingerprint density at radius 2 is 2.09 bits per heavy atom. The van der Waals surface area contributed by atoms with Crippen molar-refractivity contribution in [3.63, 3.8) is 0 Å². The van der Waals surface area contributed by atoms with Gasteiger partial charge >= 0.3 is 0 Å². The molecule has 1 saturated carbocycles. The van der Waals surface area contributed by atoms with E-state index in [1.54, 1.807) is 0 Å². The molecule has 1 aliphatic heterocycles. The predicted molar refractivity (Wildman–Crippen MR) is 112 cm³/mol. The van der Waals surface area contributed by atoms with E-state index in [1.165, 1.54) is 6.33 Å². The highest BCUT2D eigenvalue weighted by Crippen LogP contribution is 2.42. The molecule has 1 aromatic carbocycles. The van der Waals surface area contributed by atoms with Gasteiger partial charge in [-0.2, -0.15) is 0 Å². The number of aryl methyl sites for hydroxylation is 1. The number of nitrogens with one attached hydrogen (secondary N) is 1. The maximum atomic E-state index is 14.6. The van der Waals surface area contributed by atoms with Crippen LogP contribution >= 0.6 is 0 Å². The van der Waals surface area contributed by atoms with Crippen LogP contribution in [0, 0.1) is 18.7 Å². The first kappa shape index (κ1) is 21.2. The molecule has 9 heteroatoms. The Bertz CT molecular complexity index is 1170. The van der Waals surface area contributed by atoms with Crippen LogP contribution in [0.3, 0.4) is 0 Å². The third kappa shape index (κ3) is 3.34. The van der Waals surface area contributed by atoms with Crippen molar-refractivity contribution in [1.82, 2.24) is 19.9 Å². The van der Waals surface area contributed by atoms with Crippen molar-refractivity contribution in [2.45, 2.75) is 57.9 Å². The quantitative estimate of drug-likeness (QED) is 0.637. The number of ether oxygens (including phenoxy) is 1. The Morgan fingerprint density at radius 3 is 2.88 bits per heavy atom. The highest BCUT2D eigenvalue weighted by Gasteiger charge is 2.43. The van der Waals surface area contributed by atoms with Gasteiger partial charge in [-0.05, 0) is 37.6 Å². The van der Waals surface area contributed by atoms with Crippen molar-refractivity contribution in [3.8, 4) is 5.75 Å². The minimum absolute atomic E-state index is 0.0919. The molecule has 0 radical (unpaired) electrons. The van der Waals surface area contributed by atoms with E-state index in [-0.39, 0.29) is 23.3 Å². The predicted octanol–water partition coefficient (Wildman–Crippen LogP) is 3.85. The second-order valence-electron chi connectivity index (χ2n) is 8.69. The lowest BCUT2D eigenvalue weighted by atomic mass is 9.96. The fourth-order valence-electron chi connectivity index (χ4n) is 5.06. The summed E-state index contributed by atoms with van der Waals surface area (Å²) in [5.74, 6) is -0.790. The molecule has 2 aliphatic rings. The average Bonchev–Trinajstić information content (AvgIpc) is 3.33. The van der Waals surface area contributed by atoms with E-state index in [0.717, 1.165) is 22.8 Å². The van der Waals surface area contributed by atoms with Crippen LogP contribution in [-0.2, 0) is 13.0 Å². The molecule has 1 fully saturated rings. The number of aliphatic hydroxyl groups is 1. The van der Waals surface area contributed by atoms with Crippen molar-refractivity contribution in [3.05, 3.63) is 52.9 Å². The fraction of sp³-hybridized carbons (Fsp3) is 0.478. The first-order valence-electron chi connectivity index (χ1n) is 10.8. The van der Waals surface area contributed by atoms with E-state index in [2.05, 4.69) is 15.3 Å². The summed E-state index contributed by atoms with van der Waals surface area (Å²) in [6, 6.07) is 2.96. The average molecular weight is 446 g/mol. The van der Waals surface area contributed by atoms with Crippen LogP contribution in [-0.4, -0.2) is 38.4 Å². The molecule has 3 heterocycles. The Kier molecular flexibility index (Phi) is 5.33. The van der Waals surface area contributed by atoms with Crippen LogP contribution in [0.4, 0.5) is 13.2 Å². The molecule has 0 amide bonds. The molecule has 5 rings (SSSR count). The van der Waals surface area contributed by atoms with Gasteiger partial charge in [-0.1, -0.05) is 6.92 Å². The molecule has 2 aromatic heterocycles. The maximum absolute atomic E-state index is 14.6. The van der Waals surface area contributed by atoms with Crippen LogP contribution in [0.1, 0.15) is 48.2 Å². The highest BCUT2D eigenvalue weighted by atomic mass is 19.3. The molecule has 2 N–H and O–H groups in total. The molecular weight excluding hydrogens is 421 g/mol. The molecule has 3 aromatic rings. The second kappa shape index (κ2) is 8.04. The Morgan fingerprint density at radius 1 is 1.28 bits per heavy atom. The van der Waals surface area contributed by atoms with Crippen molar-refractivity contribution in [2.75, 3.05) is 6.54 Å². The van der Waals surface area contributed by atoms with Gasteiger partial charge in [0.1, 0.15) is 29.6 Å². The number of fused-ring (bicyclic) bond motifs is 2. The van der Waals surface area contributed by atoms with Gasteiger partial charge in [0.2, 0.25) is 0 Å². The number of halogens is 3. The molecule has 0 bridgehead atoms. The van der Waals surface area contributed by atoms with Gasteiger partial charge in [-0.25, -0.2) is 23.1 Å². The second-order valence-corrected chi connectivity index (χ2v) is 8.69. The van der Waals surface area contributed by atoms with Crippen molar-refractivity contribution in [1.29, 1.82) is 0 Å². The van der Waals surface area contributed by atoms with Crippen molar-refractivity contribution < 1.29 is 23.0 Å². The van der Waals surface area contributed by atoms with E-state index in [1.807, 2.05) is 30.7 Å². The van der Waals surface area contributed by atoms with Crippen LogP contribution < -0.4 is 10.1 Å². The van der Waals surface area contributed by atoms with Gasteiger partial charge in [-0.3, -0.25) is 0 Å². The Labute approximate surface area is 183 Å². The fourth-order valence-corrected chi connectivity index (χ4v) is 5.06. The summed E-state index contributed by atoms with van der Waals surface area (Å²) in [5.41, 5.74) is 1.83. The zero-order valence-electron chi connectivity index (χ0n) is 17.9. The molecule has 4 unspecified atom stereocenters. The molecule has 0 spiro atoms. The summed E-state index contributed by atoms with van der Waals surface area (Å²) in [6.07, 6.45) is -0.127. The summed E-state index contributed by atoms with van der Waals surface area (Å²) in [6.45, 7) is 4.71. The number of aliphatic hydroxyl groups excluding tert-OH is 1. The third-order valence-corrected chi connectivity index (χ3v) is 6.90. The van der Waals surface area contributed by atoms with Crippen LogP contribution in [0.25, 0.3) is 11.0 Å². The van der Waals surface area contributed by atoms with E-state index in [0.29, 0.717) is 31.5 Å². The number of nitrogens with zero attached hydrogens (tertiary/aromatic N) is 3. The molecule has 170 valence electrons. The smallest absolute Gasteiger partial charge is 0.266 e. The maximum Gasteiger partial charge on any atom is 0.266 e. The minimum Gasteiger partial charge on any atom is -0.487 e. The molecule has 6 nitrogen and oxygen atoms in total. The number of hydrogen-bond donors (Lipinski definition) is 2. The Balaban J connectivity index is 1.48. The lowest BCUT2D eigenvalue weighted by molar-refractivity contribution is 0.0368. The molecule has 0 saturated heterocycles. The lowest BCUT2D eigenvalue weighted by Gasteiger charge is -2.26. The number of rotatable bonds is 4. The first-order valence-corrected chi connectivity index (χ1v) is 10.8. The molecule has 32 heavy (non-hydrogen) atoms. The zero-order valence-corrected chi connectivity index (χ0v) is 17.9. The van der Waals surface area contributed by atoms with Gasteiger partial charge in [0.15, 0.2) is 0 Å². The number of alkyl halides is 2. The normalized spacial score (nSPS) is 25.5. The monoisotopic (exact) mass is 446 g/mol. The number of aromatic nitrogens is 3. The minimum atomic E-state index is -2.94. The molecule has 1 aliphatic carbocycles. The van der Waals surface area contributed by atoms with E-state index in [4.69, 9.17) is 4.74 Å². The Hall–Kier alpha value is -2.65. The van der Waals surface area contributed by atoms with Crippen molar-refractivity contribution in [2.24, 2.45) is 5.92 Å². The van der Waals surface area contributed by atoms with Gasteiger partial charge in [0, 0.05) is 42.1 Å². The third-order valence-electron chi connectivity index (χ3n) is 6.90. The zero-order chi connectivity index (χ0) is 22.6. The van der Waals surface area contributed by atoms with Crippen molar-refractivity contribution >= 4 is 11.0 Å². The van der Waals surface area contributed by atoms with Crippen LogP contribution in [0.15, 0.2) is 24.7 Å². The molecule has 4 atom stereocenters. The summed E-state index contributed by atoms with van der Waals surface area (Å²) < 4.78 is 49.8. The summed E-state index contributed by atoms with van der Waals surface area (Å²) >= 11 is 0. The first-order chi connectivity index (χ1) is 15.4. The summed E-state index contributed by atoms with van der Waals surface area (Å²) in [5, 5.41) is 15.0. The van der Waals surface area contributed by atoms with E-state index in [9.17, 15) is 18.3 Å². The van der Waals surface area contributed by atoms with Gasteiger partial charge in [-0.15, -0.1) is 0 Å². The molecular formula is C23H25F3N4O2. The van der Waals surface area contributed by atoms with Gasteiger partial charge < -0.3 is 19.7 Å². The number of hydrogen-bond acceptors (Lipinski definition) is 5. The van der Waals surface area contributed by atoms with Gasteiger partial charge in [0.25, 0.3) is 6.43 Å². The van der Waals surface area contributed by atoms with E-state index >= 15 is 0 Å². The summed E-state index contributed by atoms with van der Waals surface area (Å²) in [4.78, 5) is 8.64. The highest BCUT2D eigenvalue weighted by molar-refractivity contribution is 5.78. The van der Waals surface area contributed by atoms with Gasteiger partial charge in [0.05, 0.1) is 17.4 Å². The SMILES string of the molecule is Cc1ncnc2c1ccn2C1CC(Oc2cc(C(F)F)c(F)c3c2CNCC3)C(O)C1C.